The lowest BCUT2D eigenvalue weighted by Gasteiger charge is -2.35. The van der Waals surface area contributed by atoms with Crippen LogP contribution < -0.4 is 10.6 Å². The number of nitrogens with zero attached hydrogens (tertiary/aromatic N) is 1. The first-order valence-corrected chi connectivity index (χ1v) is 8.56. The zero-order chi connectivity index (χ0) is 14.7. The fourth-order valence-corrected chi connectivity index (χ4v) is 3.67. The highest BCUT2D eigenvalue weighted by Gasteiger charge is 2.35. The molecule has 0 saturated carbocycles. The molecule has 4 nitrogen and oxygen atoms in total. The van der Waals surface area contributed by atoms with Crippen LogP contribution in [-0.4, -0.2) is 42.5 Å². The monoisotopic (exact) mass is 351 g/mol. The average molecular weight is 352 g/mol. The molecule has 21 heavy (non-hydrogen) atoms. The van der Waals surface area contributed by atoms with Crippen LogP contribution >= 0.6 is 15.9 Å². The Hall–Kier alpha value is -0.910. The molecule has 2 N–H and O–H groups in total. The minimum absolute atomic E-state index is 0.0387. The molecule has 1 amide bonds. The zero-order valence-corrected chi connectivity index (χ0v) is 13.7. The minimum atomic E-state index is 0.0387. The quantitative estimate of drug-likeness (QED) is 0.879. The van der Waals surface area contributed by atoms with Gasteiger partial charge in [0.15, 0.2) is 0 Å². The van der Waals surface area contributed by atoms with Gasteiger partial charge in [0, 0.05) is 16.2 Å². The summed E-state index contributed by atoms with van der Waals surface area (Å²) in [6.07, 6.45) is 4.42. The maximum absolute atomic E-state index is 12.6. The Bertz CT molecular complexity index is 485. The van der Waals surface area contributed by atoms with Crippen molar-refractivity contribution >= 4 is 27.5 Å². The molecule has 0 radical (unpaired) electrons. The smallest absolute Gasteiger partial charge is 0.241 e. The van der Waals surface area contributed by atoms with Crippen LogP contribution in [0.3, 0.4) is 0 Å². The van der Waals surface area contributed by atoms with E-state index in [-0.39, 0.29) is 11.9 Å². The SMILES string of the molecule is O=C(Nc1ccc(Br)cc1)C1CCCN1C1CCNCC1. The van der Waals surface area contributed by atoms with Gasteiger partial charge in [-0.2, -0.15) is 0 Å². The molecule has 1 aromatic carbocycles. The van der Waals surface area contributed by atoms with E-state index < -0.39 is 0 Å². The fourth-order valence-electron chi connectivity index (χ4n) is 3.40. The van der Waals surface area contributed by atoms with Gasteiger partial charge >= 0.3 is 0 Å². The molecule has 2 saturated heterocycles. The number of anilines is 1. The van der Waals surface area contributed by atoms with Crippen molar-refractivity contribution in [1.29, 1.82) is 0 Å². The van der Waals surface area contributed by atoms with E-state index in [2.05, 4.69) is 31.5 Å². The number of likely N-dealkylation sites (tertiary alicyclic amines) is 1. The first kappa shape index (κ1) is 15.0. The molecular weight excluding hydrogens is 330 g/mol. The lowest BCUT2D eigenvalue weighted by molar-refractivity contribution is -0.121. The number of hydrogen-bond donors (Lipinski definition) is 2. The van der Waals surface area contributed by atoms with Crippen LogP contribution in [0.4, 0.5) is 5.69 Å². The van der Waals surface area contributed by atoms with Crippen LogP contribution in [-0.2, 0) is 4.79 Å². The summed E-state index contributed by atoms with van der Waals surface area (Å²) in [6.45, 7) is 3.20. The number of hydrogen-bond acceptors (Lipinski definition) is 3. The molecule has 0 bridgehead atoms. The van der Waals surface area contributed by atoms with E-state index >= 15 is 0 Å². The Morgan fingerprint density at radius 1 is 1.19 bits per heavy atom. The molecule has 0 aliphatic carbocycles. The topological polar surface area (TPSA) is 44.4 Å². The van der Waals surface area contributed by atoms with Gasteiger partial charge in [0.05, 0.1) is 6.04 Å². The number of nitrogens with one attached hydrogen (secondary N) is 2. The van der Waals surface area contributed by atoms with Crippen LogP contribution in [0.15, 0.2) is 28.7 Å². The Morgan fingerprint density at radius 2 is 1.90 bits per heavy atom. The third kappa shape index (κ3) is 3.65. The Morgan fingerprint density at radius 3 is 2.62 bits per heavy atom. The Kier molecular flexibility index (Phi) is 4.93. The first-order valence-electron chi connectivity index (χ1n) is 7.77. The summed E-state index contributed by atoms with van der Waals surface area (Å²) in [5, 5.41) is 6.46. The summed E-state index contributed by atoms with van der Waals surface area (Å²) in [5.74, 6) is 0.147. The van der Waals surface area contributed by atoms with Gasteiger partial charge in [-0.05, 0) is 69.6 Å². The van der Waals surface area contributed by atoms with Gasteiger partial charge in [0.1, 0.15) is 0 Å². The van der Waals surface area contributed by atoms with Crippen LogP contribution in [0.5, 0.6) is 0 Å². The summed E-state index contributed by atoms with van der Waals surface area (Å²) in [4.78, 5) is 15.0. The fraction of sp³-hybridized carbons (Fsp3) is 0.562. The van der Waals surface area contributed by atoms with E-state index in [1.165, 1.54) is 0 Å². The van der Waals surface area contributed by atoms with Crippen LogP contribution in [0, 0.1) is 0 Å². The molecule has 0 spiro atoms. The molecule has 1 aromatic rings. The van der Waals surface area contributed by atoms with Crippen molar-refractivity contribution in [2.45, 2.75) is 37.8 Å². The highest BCUT2D eigenvalue weighted by molar-refractivity contribution is 9.10. The van der Waals surface area contributed by atoms with E-state index in [4.69, 9.17) is 0 Å². The largest absolute Gasteiger partial charge is 0.325 e. The molecule has 2 heterocycles. The normalized spacial score (nSPS) is 24.1. The summed E-state index contributed by atoms with van der Waals surface area (Å²) < 4.78 is 1.03. The number of halogens is 1. The van der Waals surface area contributed by atoms with Crippen LogP contribution in [0.25, 0.3) is 0 Å². The van der Waals surface area contributed by atoms with Gasteiger partial charge in [-0.25, -0.2) is 0 Å². The standard InChI is InChI=1S/C16H22BrN3O/c17-12-3-5-13(6-4-12)19-16(21)15-2-1-11-20(15)14-7-9-18-10-8-14/h3-6,14-15,18H,1-2,7-11H2,(H,19,21). The number of rotatable bonds is 3. The second-order valence-electron chi connectivity index (χ2n) is 5.87. The van der Waals surface area contributed by atoms with Crippen molar-refractivity contribution in [3.63, 3.8) is 0 Å². The molecule has 5 heteroatoms. The van der Waals surface area contributed by atoms with Crippen molar-refractivity contribution in [2.75, 3.05) is 25.0 Å². The van der Waals surface area contributed by atoms with Gasteiger partial charge in [0.25, 0.3) is 0 Å². The summed E-state index contributed by atoms with van der Waals surface area (Å²) in [7, 11) is 0. The van der Waals surface area contributed by atoms with E-state index in [9.17, 15) is 4.79 Å². The van der Waals surface area contributed by atoms with Gasteiger partial charge in [0.2, 0.25) is 5.91 Å². The number of carbonyl (C=O) groups excluding carboxylic acids is 1. The number of benzene rings is 1. The minimum Gasteiger partial charge on any atom is -0.325 e. The zero-order valence-electron chi connectivity index (χ0n) is 12.1. The van der Waals surface area contributed by atoms with Gasteiger partial charge in [-0.15, -0.1) is 0 Å². The maximum Gasteiger partial charge on any atom is 0.241 e. The molecule has 2 aliphatic rings. The second kappa shape index (κ2) is 6.90. The van der Waals surface area contributed by atoms with Crippen LogP contribution in [0.1, 0.15) is 25.7 Å². The van der Waals surface area contributed by atoms with Crippen molar-refractivity contribution in [1.82, 2.24) is 10.2 Å². The van der Waals surface area contributed by atoms with E-state index in [0.29, 0.717) is 6.04 Å². The van der Waals surface area contributed by atoms with Crippen molar-refractivity contribution < 1.29 is 4.79 Å². The second-order valence-corrected chi connectivity index (χ2v) is 6.79. The van der Waals surface area contributed by atoms with Gasteiger partial charge in [-0.1, -0.05) is 15.9 Å². The van der Waals surface area contributed by atoms with E-state index in [0.717, 1.165) is 55.5 Å². The van der Waals surface area contributed by atoms with Crippen molar-refractivity contribution in [3.05, 3.63) is 28.7 Å². The van der Waals surface area contributed by atoms with Crippen LogP contribution in [0.2, 0.25) is 0 Å². The lowest BCUT2D eigenvalue weighted by atomic mass is 10.0. The lowest BCUT2D eigenvalue weighted by Crippen LogP contribution is -2.49. The third-order valence-corrected chi connectivity index (χ3v) is 5.01. The molecule has 1 unspecified atom stereocenters. The van der Waals surface area contributed by atoms with Gasteiger partial charge < -0.3 is 10.6 Å². The van der Waals surface area contributed by atoms with Crippen molar-refractivity contribution in [3.8, 4) is 0 Å². The highest BCUT2D eigenvalue weighted by atomic mass is 79.9. The van der Waals surface area contributed by atoms with Gasteiger partial charge in [-0.3, -0.25) is 9.69 Å². The summed E-state index contributed by atoms with van der Waals surface area (Å²) in [6, 6.07) is 8.38. The molecule has 1 atom stereocenters. The average Bonchev–Trinajstić information content (AvgIpc) is 3.00. The summed E-state index contributed by atoms with van der Waals surface area (Å²) in [5.41, 5.74) is 0.875. The molecule has 0 aromatic heterocycles. The van der Waals surface area contributed by atoms with Crippen molar-refractivity contribution in [2.24, 2.45) is 0 Å². The number of amides is 1. The maximum atomic E-state index is 12.6. The third-order valence-electron chi connectivity index (χ3n) is 4.49. The van der Waals surface area contributed by atoms with E-state index in [1.807, 2.05) is 24.3 Å². The highest BCUT2D eigenvalue weighted by Crippen LogP contribution is 2.25. The molecule has 114 valence electrons. The molecular formula is C16H22BrN3O. The molecule has 2 fully saturated rings. The number of carbonyl (C=O) groups is 1. The predicted molar refractivity (Wildman–Crippen MR) is 88.4 cm³/mol. The predicted octanol–water partition coefficient (Wildman–Crippen LogP) is 2.60. The molecule has 2 aliphatic heterocycles. The van der Waals surface area contributed by atoms with E-state index in [1.54, 1.807) is 0 Å². The summed E-state index contributed by atoms with van der Waals surface area (Å²) >= 11 is 3.41. The first-order chi connectivity index (χ1) is 10.2. The Balaban J connectivity index is 1.63. The number of piperidine rings is 1. The Labute approximate surface area is 134 Å². The molecule has 3 rings (SSSR count).